The third kappa shape index (κ3) is 4.75. The zero-order valence-corrected chi connectivity index (χ0v) is 11.3. The van der Waals surface area contributed by atoms with E-state index in [4.69, 9.17) is 0 Å². The van der Waals surface area contributed by atoms with E-state index in [-0.39, 0.29) is 0 Å². The largest absolute Gasteiger partial charge is 0.523 e. The molecule has 122 valence electrons. The van der Waals surface area contributed by atoms with Crippen LogP contribution in [0.2, 0.25) is 0 Å². The molecule has 2 atom stereocenters. The Hall–Kier alpha value is -0.600. The van der Waals surface area contributed by atoms with Crippen LogP contribution in [0.4, 0.5) is 26.3 Å². The van der Waals surface area contributed by atoms with Crippen LogP contribution in [0.3, 0.4) is 0 Å². The van der Waals surface area contributed by atoms with Crippen molar-refractivity contribution in [1.82, 2.24) is 0 Å². The summed E-state index contributed by atoms with van der Waals surface area (Å²) >= 11 is 0. The first-order valence-electron chi connectivity index (χ1n) is 4.50. The van der Waals surface area contributed by atoms with Crippen LogP contribution in [-0.4, -0.2) is 40.1 Å². The topological polar surface area (TPSA) is 86.7 Å². The summed E-state index contributed by atoms with van der Waals surface area (Å²) < 4.78 is 121. The molecule has 2 unspecified atom stereocenters. The van der Waals surface area contributed by atoms with Crippen molar-refractivity contribution in [3.63, 3.8) is 0 Å². The summed E-state index contributed by atoms with van der Waals surface area (Å²) in [7, 11) is -12.2. The van der Waals surface area contributed by atoms with E-state index < -0.39 is 43.5 Å². The lowest BCUT2D eigenvalue weighted by atomic mass is 10.3. The second-order valence-corrected chi connectivity index (χ2v) is 6.53. The van der Waals surface area contributed by atoms with Crippen LogP contribution < -0.4 is 0 Å². The highest BCUT2D eigenvalue weighted by molar-refractivity contribution is 7.88. The Balaban J connectivity index is 4.97. The molecule has 0 aliphatic rings. The SMILES string of the molecule is CC(OS(=O)(=O)C(F)(F)F)C(C)OS(=O)(=O)C(F)(F)F. The van der Waals surface area contributed by atoms with Gasteiger partial charge in [0.2, 0.25) is 0 Å². The summed E-state index contributed by atoms with van der Waals surface area (Å²) in [6.45, 7) is 1.19. The van der Waals surface area contributed by atoms with Gasteiger partial charge in [-0.15, -0.1) is 0 Å². The van der Waals surface area contributed by atoms with Crippen LogP contribution in [0.1, 0.15) is 13.8 Å². The minimum Gasteiger partial charge on any atom is -0.257 e. The molecular formula is C6H8F6O6S2. The van der Waals surface area contributed by atoms with Gasteiger partial charge < -0.3 is 0 Å². The van der Waals surface area contributed by atoms with E-state index >= 15 is 0 Å². The quantitative estimate of drug-likeness (QED) is 0.422. The Morgan fingerprint density at radius 1 is 0.700 bits per heavy atom. The maximum Gasteiger partial charge on any atom is 0.523 e. The van der Waals surface area contributed by atoms with Gasteiger partial charge >= 0.3 is 31.3 Å². The number of halogens is 6. The van der Waals surface area contributed by atoms with Crippen LogP contribution >= 0.6 is 0 Å². The molecule has 0 radical (unpaired) electrons. The fourth-order valence-electron chi connectivity index (χ4n) is 0.665. The molecule has 0 saturated carbocycles. The van der Waals surface area contributed by atoms with E-state index in [0.29, 0.717) is 13.8 Å². The van der Waals surface area contributed by atoms with Crippen molar-refractivity contribution in [2.24, 2.45) is 0 Å². The molecule has 0 saturated heterocycles. The first-order chi connectivity index (χ1) is 8.51. The van der Waals surface area contributed by atoms with Gasteiger partial charge in [0.05, 0.1) is 0 Å². The molecule has 0 aliphatic heterocycles. The van der Waals surface area contributed by atoms with Gasteiger partial charge in [0.1, 0.15) is 12.2 Å². The Kier molecular flexibility index (Phi) is 5.48. The average Bonchev–Trinajstić information content (AvgIpc) is 2.12. The molecule has 0 N–H and O–H groups in total. The lowest BCUT2D eigenvalue weighted by Gasteiger charge is -2.21. The predicted molar refractivity (Wildman–Crippen MR) is 51.0 cm³/mol. The first-order valence-corrected chi connectivity index (χ1v) is 7.32. The average molecular weight is 354 g/mol. The van der Waals surface area contributed by atoms with E-state index in [2.05, 4.69) is 8.37 Å². The maximum absolute atomic E-state index is 11.9. The summed E-state index contributed by atoms with van der Waals surface area (Å²) in [5.41, 5.74) is -11.6. The van der Waals surface area contributed by atoms with Crippen LogP contribution in [-0.2, 0) is 28.6 Å². The van der Waals surface area contributed by atoms with Crippen LogP contribution in [0.15, 0.2) is 0 Å². The lowest BCUT2D eigenvalue weighted by Crippen LogP contribution is -2.38. The Labute approximate surface area is 109 Å². The molecule has 0 spiro atoms. The van der Waals surface area contributed by atoms with Gasteiger partial charge in [0, 0.05) is 0 Å². The third-order valence-electron chi connectivity index (χ3n) is 1.78. The minimum absolute atomic E-state index is 0.597. The van der Waals surface area contributed by atoms with E-state index in [1.165, 1.54) is 0 Å². The Morgan fingerprint density at radius 3 is 1.05 bits per heavy atom. The number of rotatable bonds is 5. The van der Waals surface area contributed by atoms with Gasteiger partial charge in [-0.25, -0.2) is 0 Å². The van der Waals surface area contributed by atoms with Gasteiger partial charge in [-0.2, -0.15) is 43.2 Å². The molecule has 0 fully saturated rings. The summed E-state index contributed by atoms with van der Waals surface area (Å²) in [5.74, 6) is 0. The molecule has 0 bridgehead atoms. The molecule has 0 aliphatic carbocycles. The smallest absolute Gasteiger partial charge is 0.257 e. The summed E-state index contributed by atoms with van der Waals surface area (Å²) in [6, 6.07) is 0. The zero-order valence-electron chi connectivity index (χ0n) is 9.69. The summed E-state index contributed by atoms with van der Waals surface area (Å²) in [6.07, 6.45) is -4.25. The highest BCUT2D eigenvalue weighted by Gasteiger charge is 2.51. The molecule has 0 aromatic rings. The van der Waals surface area contributed by atoms with E-state index in [9.17, 15) is 43.2 Å². The first kappa shape index (κ1) is 19.4. The zero-order chi connectivity index (χ0) is 16.6. The molecular weight excluding hydrogens is 346 g/mol. The molecule has 14 heteroatoms. The summed E-state index contributed by atoms with van der Waals surface area (Å²) in [4.78, 5) is 0. The van der Waals surface area contributed by atoms with Crippen molar-refractivity contribution in [1.29, 1.82) is 0 Å². The molecule has 0 heterocycles. The van der Waals surface area contributed by atoms with Crippen molar-refractivity contribution in [3.05, 3.63) is 0 Å². The maximum atomic E-state index is 11.9. The third-order valence-corrected chi connectivity index (χ3v) is 4.03. The van der Waals surface area contributed by atoms with Gasteiger partial charge in [0.25, 0.3) is 0 Å². The molecule has 0 amide bonds. The predicted octanol–water partition coefficient (Wildman–Crippen LogP) is 1.50. The number of hydrogen-bond acceptors (Lipinski definition) is 6. The van der Waals surface area contributed by atoms with Crippen molar-refractivity contribution >= 4 is 20.2 Å². The molecule has 6 nitrogen and oxygen atoms in total. The van der Waals surface area contributed by atoms with E-state index in [1.54, 1.807) is 0 Å². The van der Waals surface area contributed by atoms with Crippen molar-refractivity contribution in [3.8, 4) is 0 Å². The van der Waals surface area contributed by atoms with Crippen molar-refractivity contribution in [2.75, 3.05) is 0 Å². The Bertz CT molecular complexity index is 481. The molecule has 0 aromatic carbocycles. The highest BCUT2D eigenvalue weighted by Crippen LogP contribution is 2.29. The second kappa shape index (κ2) is 5.65. The normalized spacial score (nSPS) is 17.8. The van der Waals surface area contributed by atoms with Crippen molar-refractivity contribution < 1.29 is 51.5 Å². The molecule has 0 aromatic heterocycles. The van der Waals surface area contributed by atoms with E-state index in [1.807, 2.05) is 0 Å². The van der Waals surface area contributed by atoms with Gasteiger partial charge in [0.15, 0.2) is 0 Å². The second-order valence-electron chi connectivity index (χ2n) is 3.40. The lowest BCUT2D eigenvalue weighted by molar-refractivity contribution is -0.0678. The Morgan fingerprint density at radius 2 is 0.900 bits per heavy atom. The van der Waals surface area contributed by atoms with E-state index in [0.717, 1.165) is 0 Å². The van der Waals surface area contributed by atoms with Gasteiger partial charge in [-0.3, -0.25) is 8.37 Å². The number of hydrogen-bond donors (Lipinski definition) is 0. The minimum atomic E-state index is -6.09. The fourth-order valence-corrected chi connectivity index (χ4v) is 2.00. The van der Waals surface area contributed by atoms with Crippen LogP contribution in [0, 0.1) is 0 Å². The standard InChI is InChI=1S/C6H8F6O6S2/c1-3(17-19(13,14)5(7,8)9)4(2)18-20(15,16)6(10,11)12/h3-4H,1-2H3. The van der Waals surface area contributed by atoms with Gasteiger partial charge in [-0.1, -0.05) is 0 Å². The fraction of sp³-hybridized carbons (Fsp3) is 1.00. The van der Waals surface area contributed by atoms with Gasteiger partial charge in [-0.05, 0) is 13.8 Å². The summed E-state index contributed by atoms with van der Waals surface area (Å²) in [5, 5.41) is 0. The highest BCUT2D eigenvalue weighted by atomic mass is 32.2. The van der Waals surface area contributed by atoms with Crippen LogP contribution in [0.5, 0.6) is 0 Å². The van der Waals surface area contributed by atoms with Crippen molar-refractivity contribution in [2.45, 2.75) is 37.1 Å². The van der Waals surface area contributed by atoms with Crippen LogP contribution in [0.25, 0.3) is 0 Å². The monoisotopic (exact) mass is 354 g/mol. The number of alkyl halides is 6. The molecule has 20 heavy (non-hydrogen) atoms. The molecule has 0 rings (SSSR count).